The average Bonchev–Trinajstić information content (AvgIpc) is 2.71. The van der Waals surface area contributed by atoms with E-state index in [2.05, 4.69) is 24.3 Å². The average molecular weight is 396 g/mol. The molecule has 4 rings (SSSR count). The van der Waals surface area contributed by atoms with Crippen molar-refractivity contribution in [3.63, 3.8) is 0 Å². The molecule has 0 radical (unpaired) electrons. The lowest BCUT2D eigenvalue weighted by Gasteiger charge is -2.13. The van der Waals surface area contributed by atoms with E-state index < -0.39 is 0 Å². The van der Waals surface area contributed by atoms with Gasteiger partial charge in [0.25, 0.3) is 0 Å². The predicted octanol–water partition coefficient (Wildman–Crippen LogP) is 6.72. The summed E-state index contributed by atoms with van der Waals surface area (Å²) in [5.41, 5.74) is 17.4. The standard InChI is InChI=1S/C26H24N2O2/c1-17-13-19(9-11-25(17)29-23-7-3-5-21(27)15-23)20-10-12-26(18(2)14-20)30-24-8-4-6-22(28)16-24/h3-16H,27-28H2,1-2H3. The predicted molar refractivity (Wildman–Crippen MR) is 123 cm³/mol. The van der Waals surface area contributed by atoms with E-state index in [-0.39, 0.29) is 0 Å². The fourth-order valence-electron chi connectivity index (χ4n) is 3.30. The van der Waals surface area contributed by atoms with Crippen LogP contribution in [0.15, 0.2) is 84.9 Å². The van der Waals surface area contributed by atoms with Crippen LogP contribution in [-0.4, -0.2) is 0 Å². The second-order valence-corrected chi connectivity index (χ2v) is 7.31. The van der Waals surface area contributed by atoms with Crippen LogP contribution in [0, 0.1) is 13.8 Å². The van der Waals surface area contributed by atoms with Gasteiger partial charge in [-0.3, -0.25) is 0 Å². The third-order valence-electron chi connectivity index (χ3n) is 4.86. The van der Waals surface area contributed by atoms with Gasteiger partial charge in [-0.05, 0) is 84.6 Å². The fourth-order valence-corrected chi connectivity index (χ4v) is 3.30. The van der Waals surface area contributed by atoms with Gasteiger partial charge in [-0.25, -0.2) is 0 Å². The molecule has 0 aliphatic heterocycles. The summed E-state index contributed by atoms with van der Waals surface area (Å²) in [4.78, 5) is 0. The number of rotatable bonds is 5. The highest BCUT2D eigenvalue weighted by atomic mass is 16.5. The molecule has 0 fully saturated rings. The Labute approximate surface area is 176 Å². The number of hydrogen-bond acceptors (Lipinski definition) is 4. The van der Waals surface area contributed by atoms with E-state index in [4.69, 9.17) is 20.9 Å². The summed E-state index contributed by atoms with van der Waals surface area (Å²) in [7, 11) is 0. The second-order valence-electron chi connectivity index (χ2n) is 7.31. The molecule has 0 amide bonds. The summed E-state index contributed by atoms with van der Waals surface area (Å²) >= 11 is 0. The van der Waals surface area contributed by atoms with Crippen LogP contribution in [-0.2, 0) is 0 Å². The van der Waals surface area contributed by atoms with Gasteiger partial charge in [0.15, 0.2) is 0 Å². The Hall–Kier alpha value is -3.92. The molecule has 0 heterocycles. The summed E-state index contributed by atoms with van der Waals surface area (Å²) in [5.74, 6) is 3.07. The minimum Gasteiger partial charge on any atom is -0.457 e. The van der Waals surface area contributed by atoms with Gasteiger partial charge >= 0.3 is 0 Å². The van der Waals surface area contributed by atoms with Crippen LogP contribution in [0.1, 0.15) is 11.1 Å². The highest BCUT2D eigenvalue weighted by molar-refractivity contribution is 5.68. The van der Waals surface area contributed by atoms with Crippen molar-refractivity contribution >= 4 is 11.4 Å². The Bertz CT molecular complexity index is 1110. The molecular formula is C26H24N2O2. The molecule has 30 heavy (non-hydrogen) atoms. The molecule has 4 aromatic rings. The van der Waals surface area contributed by atoms with Gasteiger partial charge in [-0.1, -0.05) is 24.3 Å². The maximum absolute atomic E-state index is 5.99. The van der Waals surface area contributed by atoms with Crippen LogP contribution >= 0.6 is 0 Å². The Morgan fingerprint density at radius 3 is 1.33 bits per heavy atom. The van der Waals surface area contributed by atoms with Crippen LogP contribution in [0.2, 0.25) is 0 Å². The van der Waals surface area contributed by atoms with Crippen LogP contribution in [0.5, 0.6) is 23.0 Å². The summed E-state index contributed by atoms with van der Waals surface area (Å²) in [6, 6.07) is 27.2. The molecule has 150 valence electrons. The Balaban J connectivity index is 1.55. The zero-order valence-electron chi connectivity index (χ0n) is 17.1. The molecule has 0 atom stereocenters. The molecular weight excluding hydrogens is 372 g/mol. The zero-order chi connectivity index (χ0) is 21.1. The van der Waals surface area contributed by atoms with E-state index in [0.717, 1.165) is 45.3 Å². The number of benzene rings is 4. The molecule has 4 aromatic carbocycles. The van der Waals surface area contributed by atoms with Gasteiger partial charge in [-0.2, -0.15) is 0 Å². The lowest BCUT2D eigenvalue weighted by atomic mass is 10.0. The normalized spacial score (nSPS) is 10.6. The van der Waals surface area contributed by atoms with E-state index in [1.54, 1.807) is 0 Å². The first-order chi connectivity index (χ1) is 14.5. The van der Waals surface area contributed by atoms with Gasteiger partial charge < -0.3 is 20.9 Å². The molecule has 0 aliphatic rings. The largest absolute Gasteiger partial charge is 0.457 e. The third kappa shape index (κ3) is 4.39. The quantitative estimate of drug-likeness (QED) is 0.367. The molecule has 0 unspecified atom stereocenters. The molecule has 0 aliphatic carbocycles. The van der Waals surface area contributed by atoms with Crippen LogP contribution in [0.25, 0.3) is 11.1 Å². The number of nitrogens with two attached hydrogens (primary N) is 2. The van der Waals surface area contributed by atoms with Gasteiger partial charge in [0, 0.05) is 23.5 Å². The molecule has 0 aromatic heterocycles. The Morgan fingerprint density at radius 1 is 0.533 bits per heavy atom. The lowest BCUT2D eigenvalue weighted by Crippen LogP contribution is -1.92. The van der Waals surface area contributed by atoms with Crippen molar-refractivity contribution in [1.29, 1.82) is 0 Å². The minimum absolute atomic E-state index is 0.678. The molecule has 4 nitrogen and oxygen atoms in total. The van der Waals surface area contributed by atoms with Crippen LogP contribution in [0.3, 0.4) is 0 Å². The summed E-state index contributed by atoms with van der Waals surface area (Å²) in [6.07, 6.45) is 0. The van der Waals surface area contributed by atoms with Crippen molar-refractivity contribution in [2.24, 2.45) is 0 Å². The van der Waals surface area contributed by atoms with E-state index in [0.29, 0.717) is 11.4 Å². The van der Waals surface area contributed by atoms with Gasteiger partial charge in [0.2, 0.25) is 0 Å². The van der Waals surface area contributed by atoms with Crippen LogP contribution in [0.4, 0.5) is 11.4 Å². The fraction of sp³-hybridized carbons (Fsp3) is 0.0769. The highest BCUT2D eigenvalue weighted by Gasteiger charge is 2.08. The first-order valence-corrected chi connectivity index (χ1v) is 9.76. The number of aryl methyl sites for hydroxylation is 2. The smallest absolute Gasteiger partial charge is 0.130 e. The highest BCUT2D eigenvalue weighted by Crippen LogP contribution is 2.33. The zero-order valence-corrected chi connectivity index (χ0v) is 17.1. The lowest BCUT2D eigenvalue weighted by molar-refractivity contribution is 0.479. The molecule has 0 bridgehead atoms. The maximum atomic E-state index is 5.99. The van der Waals surface area contributed by atoms with Crippen molar-refractivity contribution in [2.75, 3.05) is 11.5 Å². The Morgan fingerprint density at radius 2 is 0.967 bits per heavy atom. The van der Waals surface area contributed by atoms with Gasteiger partial charge in [-0.15, -0.1) is 0 Å². The topological polar surface area (TPSA) is 70.5 Å². The van der Waals surface area contributed by atoms with Crippen LogP contribution < -0.4 is 20.9 Å². The molecule has 0 spiro atoms. The number of anilines is 2. The molecule has 4 N–H and O–H groups in total. The van der Waals surface area contributed by atoms with Gasteiger partial charge in [0.05, 0.1) is 0 Å². The number of ether oxygens (including phenoxy) is 2. The maximum Gasteiger partial charge on any atom is 0.130 e. The van der Waals surface area contributed by atoms with Crippen molar-refractivity contribution in [1.82, 2.24) is 0 Å². The first-order valence-electron chi connectivity index (χ1n) is 9.76. The first kappa shape index (κ1) is 19.4. The van der Waals surface area contributed by atoms with E-state index in [9.17, 15) is 0 Å². The number of nitrogen functional groups attached to an aromatic ring is 2. The summed E-state index contributed by atoms with van der Waals surface area (Å²) < 4.78 is 12.0. The van der Waals surface area contributed by atoms with Crippen molar-refractivity contribution in [2.45, 2.75) is 13.8 Å². The van der Waals surface area contributed by atoms with E-state index >= 15 is 0 Å². The second kappa shape index (κ2) is 8.21. The van der Waals surface area contributed by atoms with E-state index in [1.165, 1.54) is 0 Å². The molecule has 0 saturated heterocycles. The summed E-state index contributed by atoms with van der Waals surface area (Å²) in [5, 5.41) is 0. The van der Waals surface area contributed by atoms with Crippen molar-refractivity contribution in [3.05, 3.63) is 96.1 Å². The van der Waals surface area contributed by atoms with Crippen molar-refractivity contribution in [3.8, 4) is 34.1 Å². The molecule has 4 heteroatoms. The number of hydrogen-bond donors (Lipinski definition) is 2. The summed E-state index contributed by atoms with van der Waals surface area (Å²) in [6.45, 7) is 4.07. The Kier molecular flexibility index (Phi) is 5.31. The SMILES string of the molecule is Cc1cc(-c2ccc(Oc3cccc(N)c3)c(C)c2)ccc1Oc1cccc(N)c1. The minimum atomic E-state index is 0.678. The third-order valence-corrected chi connectivity index (χ3v) is 4.86. The van der Waals surface area contributed by atoms with E-state index in [1.807, 2.05) is 74.5 Å². The van der Waals surface area contributed by atoms with Crippen molar-refractivity contribution < 1.29 is 9.47 Å². The monoisotopic (exact) mass is 396 g/mol. The van der Waals surface area contributed by atoms with Gasteiger partial charge in [0.1, 0.15) is 23.0 Å². The molecule has 0 saturated carbocycles.